The van der Waals surface area contributed by atoms with Crippen molar-refractivity contribution >= 4 is 11.8 Å². The van der Waals surface area contributed by atoms with Crippen molar-refractivity contribution in [3.05, 3.63) is 11.3 Å². The van der Waals surface area contributed by atoms with Crippen molar-refractivity contribution in [1.29, 1.82) is 0 Å². The minimum atomic E-state index is -1.25. The van der Waals surface area contributed by atoms with E-state index >= 15 is 0 Å². The summed E-state index contributed by atoms with van der Waals surface area (Å²) in [5, 5.41) is 8.49. The fourth-order valence-corrected chi connectivity index (χ4v) is 0.651. The number of allylic oxidation sites excluding steroid dienone is 1. The Morgan fingerprint density at radius 3 is 1.82 bits per heavy atom. The third-order valence-electron chi connectivity index (χ3n) is 1.22. The molecule has 0 saturated carbocycles. The number of ether oxygens (including phenoxy) is 1. The van der Waals surface area contributed by atoms with Gasteiger partial charge in [-0.2, -0.15) is 0 Å². The number of hydrogen-bond acceptors (Lipinski definition) is 3. The monoisotopic (exact) mass is 158 g/mol. The lowest BCUT2D eigenvalue weighted by atomic mass is 10.1. The fourth-order valence-electron chi connectivity index (χ4n) is 0.651. The van der Waals surface area contributed by atoms with Gasteiger partial charge in [0.15, 0.2) is 5.78 Å². The third kappa shape index (κ3) is 2.41. The smallest absolute Gasteiger partial charge is 0.342 e. The van der Waals surface area contributed by atoms with Gasteiger partial charge in [0.05, 0.1) is 7.11 Å². The van der Waals surface area contributed by atoms with E-state index in [4.69, 9.17) is 5.11 Å². The van der Waals surface area contributed by atoms with Crippen LogP contribution in [0.15, 0.2) is 11.3 Å². The molecular formula is C7H10O4. The molecule has 0 rings (SSSR count). The first-order chi connectivity index (χ1) is 5.00. The normalized spacial score (nSPS) is 11.9. The van der Waals surface area contributed by atoms with E-state index < -0.39 is 11.8 Å². The second kappa shape index (κ2) is 3.75. The lowest BCUT2D eigenvalue weighted by molar-refractivity contribution is -0.134. The zero-order valence-electron chi connectivity index (χ0n) is 6.67. The standard InChI is InChI=1S/C7H10O4/c1-4(8)6(7(9)10)5(2)11-3/h1-3H3,(H,9,10). The van der Waals surface area contributed by atoms with E-state index in [0.717, 1.165) is 0 Å². The number of carbonyl (C=O) groups excluding carboxylic acids is 1. The second-order valence-corrected chi connectivity index (χ2v) is 2.00. The van der Waals surface area contributed by atoms with Crippen LogP contribution in [0, 0.1) is 0 Å². The molecule has 0 spiro atoms. The summed E-state index contributed by atoms with van der Waals surface area (Å²) in [5.74, 6) is -1.63. The maximum atomic E-state index is 10.7. The molecule has 62 valence electrons. The Morgan fingerprint density at radius 1 is 1.27 bits per heavy atom. The highest BCUT2D eigenvalue weighted by molar-refractivity contribution is 6.15. The summed E-state index contributed by atoms with van der Waals surface area (Å²) in [5.41, 5.74) is -0.299. The maximum absolute atomic E-state index is 10.7. The molecule has 4 nitrogen and oxygen atoms in total. The molecule has 0 aliphatic rings. The molecule has 0 aliphatic heterocycles. The molecule has 0 aliphatic carbocycles. The van der Waals surface area contributed by atoms with E-state index in [2.05, 4.69) is 4.74 Å². The van der Waals surface area contributed by atoms with E-state index in [9.17, 15) is 9.59 Å². The van der Waals surface area contributed by atoms with Gasteiger partial charge >= 0.3 is 5.97 Å². The molecular weight excluding hydrogens is 148 g/mol. The Morgan fingerprint density at radius 2 is 1.73 bits per heavy atom. The topological polar surface area (TPSA) is 63.6 Å². The van der Waals surface area contributed by atoms with Crippen LogP contribution in [-0.4, -0.2) is 24.0 Å². The van der Waals surface area contributed by atoms with Gasteiger partial charge < -0.3 is 9.84 Å². The van der Waals surface area contributed by atoms with Crippen molar-refractivity contribution < 1.29 is 19.4 Å². The highest BCUT2D eigenvalue weighted by Crippen LogP contribution is 2.05. The second-order valence-electron chi connectivity index (χ2n) is 2.00. The van der Waals surface area contributed by atoms with Crippen molar-refractivity contribution in [2.24, 2.45) is 0 Å². The largest absolute Gasteiger partial charge is 0.500 e. The third-order valence-corrected chi connectivity index (χ3v) is 1.22. The van der Waals surface area contributed by atoms with Crippen LogP contribution in [0.4, 0.5) is 0 Å². The van der Waals surface area contributed by atoms with Crippen LogP contribution in [0.2, 0.25) is 0 Å². The summed E-state index contributed by atoms with van der Waals surface area (Å²) in [4.78, 5) is 21.0. The molecule has 0 heterocycles. The number of carbonyl (C=O) groups is 2. The minimum Gasteiger partial charge on any atom is -0.500 e. The highest BCUT2D eigenvalue weighted by atomic mass is 16.5. The Kier molecular flexibility index (Phi) is 3.30. The molecule has 0 fully saturated rings. The average molecular weight is 158 g/mol. The molecule has 0 aromatic heterocycles. The zero-order chi connectivity index (χ0) is 9.02. The summed E-state index contributed by atoms with van der Waals surface area (Å²) < 4.78 is 4.61. The van der Waals surface area contributed by atoms with E-state index in [-0.39, 0.29) is 11.3 Å². The van der Waals surface area contributed by atoms with Crippen molar-refractivity contribution in [1.82, 2.24) is 0 Å². The van der Waals surface area contributed by atoms with Crippen LogP contribution >= 0.6 is 0 Å². The average Bonchev–Trinajstić information content (AvgIpc) is 1.85. The predicted octanol–water partition coefficient (Wildman–Crippen LogP) is 0.580. The zero-order valence-corrected chi connectivity index (χ0v) is 6.67. The van der Waals surface area contributed by atoms with Gasteiger partial charge in [-0.25, -0.2) is 4.79 Å². The highest BCUT2D eigenvalue weighted by Gasteiger charge is 2.16. The van der Waals surface area contributed by atoms with Crippen molar-refractivity contribution in [3.63, 3.8) is 0 Å². The van der Waals surface area contributed by atoms with Gasteiger partial charge in [-0.15, -0.1) is 0 Å². The van der Waals surface area contributed by atoms with E-state index in [0.29, 0.717) is 0 Å². The van der Waals surface area contributed by atoms with E-state index in [1.165, 1.54) is 21.0 Å². The number of carboxylic acid groups (broad SMARTS) is 1. The lowest BCUT2D eigenvalue weighted by Gasteiger charge is -2.02. The van der Waals surface area contributed by atoms with E-state index in [1.54, 1.807) is 0 Å². The van der Waals surface area contributed by atoms with Crippen LogP contribution in [0.3, 0.4) is 0 Å². The Labute approximate surface area is 64.5 Å². The first kappa shape index (κ1) is 9.68. The van der Waals surface area contributed by atoms with Crippen molar-refractivity contribution in [3.8, 4) is 0 Å². The summed E-state index contributed by atoms with van der Waals surface area (Å²) >= 11 is 0. The first-order valence-electron chi connectivity index (χ1n) is 2.99. The van der Waals surface area contributed by atoms with Gasteiger partial charge in [-0.05, 0) is 13.8 Å². The number of hydrogen-bond donors (Lipinski definition) is 1. The molecule has 0 amide bonds. The minimum absolute atomic E-state index is 0.130. The Hall–Kier alpha value is -1.32. The van der Waals surface area contributed by atoms with Gasteiger partial charge in [0.25, 0.3) is 0 Å². The molecule has 4 heteroatoms. The Bertz CT molecular complexity index is 198. The molecule has 0 saturated heterocycles. The number of rotatable bonds is 3. The number of methoxy groups -OCH3 is 1. The lowest BCUT2D eigenvalue weighted by Crippen LogP contribution is -2.11. The van der Waals surface area contributed by atoms with Gasteiger partial charge in [-0.3, -0.25) is 4.79 Å². The number of carboxylic acids is 1. The quantitative estimate of drug-likeness (QED) is 0.282. The van der Waals surface area contributed by atoms with Crippen LogP contribution < -0.4 is 0 Å². The molecule has 0 radical (unpaired) electrons. The van der Waals surface area contributed by atoms with Crippen LogP contribution in [0.5, 0.6) is 0 Å². The number of ketones is 1. The summed E-state index contributed by atoms with van der Waals surface area (Å²) in [6, 6.07) is 0. The first-order valence-corrected chi connectivity index (χ1v) is 2.99. The number of aliphatic carboxylic acids is 1. The van der Waals surface area contributed by atoms with Crippen LogP contribution in [-0.2, 0) is 14.3 Å². The summed E-state index contributed by atoms with van der Waals surface area (Å²) in [7, 11) is 1.32. The Balaban J connectivity index is 4.88. The molecule has 11 heavy (non-hydrogen) atoms. The predicted molar refractivity (Wildman–Crippen MR) is 38.0 cm³/mol. The molecule has 0 aromatic carbocycles. The molecule has 0 unspecified atom stereocenters. The van der Waals surface area contributed by atoms with Gasteiger partial charge in [-0.1, -0.05) is 0 Å². The van der Waals surface area contributed by atoms with Crippen LogP contribution in [0.25, 0.3) is 0 Å². The SMILES string of the molecule is COC(C)=C(C(C)=O)C(=O)O. The maximum Gasteiger partial charge on any atom is 0.342 e. The van der Waals surface area contributed by atoms with Gasteiger partial charge in [0.1, 0.15) is 11.3 Å². The van der Waals surface area contributed by atoms with Gasteiger partial charge in [0, 0.05) is 0 Å². The molecule has 1 N–H and O–H groups in total. The summed E-state index contributed by atoms with van der Waals surface area (Å²) in [6.07, 6.45) is 0. The molecule has 0 atom stereocenters. The fraction of sp³-hybridized carbons (Fsp3) is 0.429. The molecule has 0 bridgehead atoms. The van der Waals surface area contributed by atoms with Crippen molar-refractivity contribution in [2.75, 3.05) is 7.11 Å². The number of Topliss-reactive ketones (excluding diaryl/α,β-unsaturated/α-hetero) is 1. The van der Waals surface area contributed by atoms with Crippen LogP contribution in [0.1, 0.15) is 13.8 Å². The molecule has 0 aromatic rings. The van der Waals surface area contributed by atoms with E-state index in [1.807, 2.05) is 0 Å². The van der Waals surface area contributed by atoms with Crippen molar-refractivity contribution in [2.45, 2.75) is 13.8 Å². The summed E-state index contributed by atoms with van der Waals surface area (Å²) in [6.45, 7) is 2.62. The van der Waals surface area contributed by atoms with Gasteiger partial charge in [0.2, 0.25) is 0 Å².